The molecule has 222 valence electrons. The third kappa shape index (κ3) is 6.30. The number of nitrogens with zero attached hydrogens (tertiary/aromatic N) is 3. The Morgan fingerprint density at radius 3 is 2.52 bits per heavy atom. The van der Waals surface area contributed by atoms with Crippen molar-refractivity contribution in [3.05, 3.63) is 65.2 Å². The highest BCUT2D eigenvalue weighted by Crippen LogP contribution is 2.52. The van der Waals surface area contributed by atoms with Crippen molar-refractivity contribution in [3.63, 3.8) is 0 Å². The van der Waals surface area contributed by atoms with E-state index < -0.39 is 0 Å². The van der Waals surface area contributed by atoms with E-state index in [0.29, 0.717) is 35.7 Å². The third-order valence-electron chi connectivity index (χ3n) is 9.21. The van der Waals surface area contributed by atoms with Gasteiger partial charge >= 0.3 is 0 Å². The van der Waals surface area contributed by atoms with Crippen LogP contribution in [0.25, 0.3) is 11.3 Å². The fourth-order valence-electron chi connectivity index (χ4n) is 7.20. The molecule has 0 unspecified atom stereocenters. The van der Waals surface area contributed by atoms with Crippen LogP contribution in [-0.4, -0.2) is 53.1 Å². The van der Waals surface area contributed by atoms with Crippen molar-refractivity contribution >= 4 is 23.8 Å². The van der Waals surface area contributed by atoms with Crippen LogP contribution in [0.1, 0.15) is 67.4 Å². The number of rotatable bonds is 5. The van der Waals surface area contributed by atoms with Crippen molar-refractivity contribution < 1.29 is 9.53 Å². The molecule has 1 saturated carbocycles. The Kier molecular flexibility index (Phi) is 8.46. The molecular formula is C34H43N5O2S. The number of amides is 1. The number of fused-ring (bicyclic) bond motifs is 4. The van der Waals surface area contributed by atoms with Crippen molar-refractivity contribution in [2.75, 3.05) is 31.0 Å². The first-order valence-corrected chi connectivity index (χ1v) is 16.2. The summed E-state index contributed by atoms with van der Waals surface area (Å²) in [6.07, 6.45) is 5.79. The van der Waals surface area contributed by atoms with Gasteiger partial charge in [-0.25, -0.2) is 4.98 Å². The maximum Gasteiger partial charge on any atom is 0.254 e. The zero-order valence-electron chi connectivity index (χ0n) is 25.3. The minimum Gasteiger partial charge on any atom is -0.475 e. The van der Waals surface area contributed by atoms with Crippen LogP contribution in [-0.2, 0) is 0 Å². The molecule has 0 radical (unpaired) electrons. The average molecular weight is 586 g/mol. The first kappa shape index (κ1) is 29.0. The standard InChI is InChI=1S/C34H43N5O2S/c1-22(2)15-27-21-41-30-17-29(31-23(3)7-5-8-24(31)4)36-33(37-30)38-42-28-10-6-9-26(16-28)32(40)39(27)20-25-18-34(19-25)11-13-35-14-12-34/h5-10,16-17,22,25,27,35H,11-15,18-21H2,1-4H3,(H,36,37,38)/t27-/m1/s1. The van der Waals surface area contributed by atoms with Crippen LogP contribution in [0.2, 0.25) is 0 Å². The van der Waals surface area contributed by atoms with E-state index in [-0.39, 0.29) is 11.9 Å². The van der Waals surface area contributed by atoms with E-state index in [4.69, 9.17) is 14.7 Å². The Morgan fingerprint density at radius 1 is 1.05 bits per heavy atom. The summed E-state index contributed by atoms with van der Waals surface area (Å²) < 4.78 is 9.81. The van der Waals surface area contributed by atoms with Gasteiger partial charge in [0.05, 0.1) is 11.7 Å². The number of ether oxygens (including phenoxy) is 1. The molecular weight excluding hydrogens is 542 g/mol. The summed E-state index contributed by atoms with van der Waals surface area (Å²) in [5, 5.41) is 3.51. The molecule has 2 N–H and O–H groups in total. The lowest BCUT2D eigenvalue weighted by Crippen LogP contribution is -2.52. The fraction of sp³-hybridized carbons (Fsp3) is 0.500. The number of anilines is 1. The summed E-state index contributed by atoms with van der Waals surface area (Å²) in [4.78, 5) is 27.0. The molecule has 8 heteroatoms. The van der Waals surface area contributed by atoms with Crippen LogP contribution in [0, 0.1) is 31.1 Å². The third-order valence-corrected chi connectivity index (χ3v) is 9.99. The second kappa shape index (κ2) is 12.3. The van der Waals surface area contributed by atoms with Crippen LogP contribution in [0.5, 0.6) is 5.88 Å². The van der Waals surface area contributed by atoms with Gasteiger partial charge < -0.3 is 15.0 Å². The number of hydrogen-bond acceptors (Lipinski definition) is 7. The molecule has 1 spiro atoms. The van der Waals surface area contributed by atoms with Gasteiger partial charge in [0, 0.05) is 28.6 Å². The van der Waals surface area contributed by atoms with Gasteiger partial charge in [0.1, 0.15) is 6.61 Å². The summed E-state index contributed by atoms with van der Waals surface area (Å²) in [6.45, 7) is 12.1. The van der Waals surface area contributed by atoms with E-state index in [1.807, 2.05) is 30.3 Å². The topological polar surface area (TPSA) is 79.4 Å². The van der Waals surface area contributed by atoms with Gasteiger partial charge in [-0.2, -0.15) is 4.98 Å². The largest absolute Gasteiger partial charge is 0.475 e. The first-order chi connectivity index (χ1) is 20.3. The van der Waals surface area contributed by atoms with Crippen molar-refractivity contribution in [1.29, 1.82) is 0 Å². The number of hydrogen-bond donors (Lipinski definition) is 2. The molecule has 2 fully saturated rings. The molecule has 1 saturated heterocycles. The van der Waals surface area contributed by atoms with E-state index in [1.165, 1.54) is 37.6 Å². The number of benzene rings is 2. The number of aromatic nitrogens is 2. The molecule has 7 nitrogen and oxygen atoms in total. The van der Waals surface area contributed by atoms with Crippen molar-refractivity contribution in [1.82, 2.24) is 20.2 Å². The van der Waals surface area contributed by atoms with Crippen molar-refractivity contribution in [3.8, 4) is 17.1 Å². The highest BCUT2D eigenvalue weighted by Gasteiger charge is 2.45. The SMILES string of the molecule is Cc1cccc(C)c1-c1cc2nc(n1)NSc1cccc(c1)C(=O)N(CC1CC3(CCNCC3)C1)[C@H](CC(C)C)CO2. The second-order valence-electron chi connectivity index (χ2n) is 13.0. The Balaban J connectivity index is 1.35. The molecule has 3 aliphatic rings. The number of carbonyl (C=O) groups excluding carboxylic acids is 1. The second-order valence-corrected chi connectivity index (χ2v) is 13.9. The van der Waals surface area contributed by atoms with Gasteiger partial charge in [0.15, 0.2) is 0 Å². The molecule has 1 aromatic heterocycles. The van der Waals surface area contributed by atoms with Gasteiger partial charge in [-0.15, -0.1) is 0 Å². The van der Waals surface area contributed by atoms with Gasteiger partial charge in [-0.1, -0.05) is 38.1 Å². The maximum atomic E-state index is 14.3. The fourth-order valence-corrected chi connectivity index (χ4v) is 7.83. The summed E-state index contributed by atoms with van der Waals surface area (Å²) in [5.74, 6) is 2.04. The minimum absolute atomic E-state index is 0.0610. The summed E-state index contributed by atoms with van der Waals surface area (Å²) >= 11 is 1.42. The van der Waals surface area contributed by atoms with E-state index in [1.54, 1.807) is 0 Å². The lowest BCUT2D eigenvalue weighted by molar-refractivity contribution is -0.00807. The van der Waals surface area contributed by atoms with E-state index in [0.717, 1.165) is 58.9 Å². The predicted molar refractivity (Wildman–Crippen MR) is 170 cm³/mol. The zero-order chi connectivity index (χ0) is 29.3. The number of piperidine rings is 1. The van der Waals surface area contributed by atoms with Crippen molar-refractivity contribution in [2.45, 2.75) is 70.7 Å². The van der Waals surface area contributed by atoms with E-state index in [9.17, 15) is 4.79 Å². The molecule has 1 aliphatic carbocycles. The molecule has 3 heterocycles. The molecule has 2 aromatic carbocycles. The summed E-state index contributed by atoms with van der Waals surface area (Å²) in [7, 11) is 0. The van der Waals surface area contributed by atoms with Crippen LogP contribution in [0.15, 0.2) is 53.4 Å². The maximum absolute atomic E-state index is 14.3. The lowest BCUT2D eigenvalue weighted by atomic mass is 9.57. The Labute approximate surface area is 254 Å². The van der Waals surface area contributed by atoms with Gasteiger partial charge in [-0.05, 0) is 118 Å². The smallest absolute Gasteiger partial charge is 0.254 e. The molecule has 4 bridgehead atoms. The average Bonchev–Trinajstić information content (AvgIpc) is 2.96. The lowest BCUT2D eigenvalue weighted by Gasteiger charge is -2.52. The van der Waals surface area contributed by atoms with Gasteiger partial charge in [0.2, 0.25) is 11.8 Å². The highest BCUT2D eigenvalue weighted by atomic mass is 32.2. The van der Waals surface area contributed by atoms with Crippen LogP contribution >= 0.6 is 11.9 Å². The monoisotopic (exact) mass is 585 g/mol. The predicted octanol–water partition coefficient (Wildman–Crippen LogP) is 6.91. The first-order valence-electron chi connectivity index (χ1n) is 15.4. The van der Waals surface area contributed by atoms with E-state index >= 15 is 0 Å². The Morgan fingerprint density at radius 2 is 1.79 bits per heavy atom. The molecule has 1 atom stereocenters. The van der Waals surface area contributed by atoms with Crippen LogP contribution in [0.3, 0.4) is 0 Å². The number of aryl methyl sites for hydroxylation is 2. The van der Waals surface area contributed by atoms with Gasteiger partial charge in [0.25, 0.3) is 5.91 Å². The Bertz CT molecular complexity index is 1410. The quantitative estimate of drug-likeness (QED) is 0.315. The zero-order valence-corrected chi connectivity index (χ0v) is 26.1. The molecule has 6 rings (SSSR count). The molecule has 42 heavy (non-hydrogen) atoms. The highest BCUT2D eigenvalue weighted by molar-refractivity contribution is 8.00. The van der Waals surface area contributed by atoms with Gasteiger partial charge in [-0.3, -0.25) is 9.52 Å². The number of nitrogens with one attached hydrogen (secondary N) is 2. The van der Waals surface area contributed by atoms with Crippen LogP contribution < -0.4 is 14.8 Å². The minimum atomic E-state index is -0.0610. The molecule has 3 aromatic rings. The Hall–Kier alpha value is -3.10. The summed E-state index contributed by atoms with van der Waals surface area (Å²) in [5.41, 5.74) is 5.43. The van der Waals surface area contributed by atoms with Crippen LogP contribution in [0.4, 0.5) is 5.95 Å². The number of carbonyl (C=O) groups is 1. The normalized spacial score (nSPS) is 20.6. The van der Waals surface area contributed by atoms with E-state index in [2.05, 4.69) is 60.8 Å². The summed E-state index contributed by atoms with van der Waals surface area (Å²) in [6, 6.07) is 16.1. The molecule has 2 aliphatic heterocycles. The molecule has 1 amide bonds. The van der Waals surface area contributed by atoms with Crippen molar-refractivity contribution in [2.24, 2.45) is 17.3 Å².